The van der Waals surface area contributed by atoms with E-state index in [1.54, 1.807) is 21.3 Å². The zero-order chi connectivity index (χ0) is 22.4. The molecule has 0 N–H and O–H groups in total. The summed E-state index contributed by atoms with van der Waals surface area (Å²) in [7, 11) is 4.70. The molecule has 2 aromatic carbocycles. The molecule has 0 radical (unpaired) electrons. The number of hydrogen-bond acceptors (Lipinski definition) is 7. The quantitative estimate of drug-likeness (QED) is 0.267. The maximum Gasteiger partial charge on any atom is 0.338 e. The number of esters is 1. The summed E-state index contributed by atoms with van der Waals surface area (Å²) in [6, 6.07) is 9.21. The van der Waals surface area contributed by atoms with E-state index in [2.05, 4.69) is 0 Å². The van der Waals surface area contributed by atoms with Crippen molar-refractivity contribution in [2.75, 3.05) is 21.3 Å². The second-order valence-corrected chi connectivity index (χ2v) is 7.42. The topological polar surface area (TPSA) is 97.1 Å². The molecular weight excluding hydrogens is 402 g/mol. The average molecular weight is 429 g/mol. The number of ether oxygens (including phenoxy) is 4. The van der Waals surface area contributed by atoms with Crippen LogP contribution < -0.4 is 14.2 Å². The van der Waals surface area contributed by atoms with Gasteiger partial charge in [-0.2, -0.15) is 0 Å². The highest BCUT2D eigenvalue weighted by atomic mass is 16.6. The maximum atomic E-state index is 12.8. The van der Waals surface area contributed by atoms with Crippen LogP contribution in [0.3, 0.4) is 0 Å². The first kappa shape index (κ1) is 22.4. The lowest BCUT2D eigenvalue weighted by Crippen LogP contribution is -2.25. The van der Waals surface area contributed by atoms with Gasteiger partial charge in [-0.3, -0.25) is 10.1 Å². The SMILES string of the molecule is COc1ccc([C@H]2CCCCC[C@H]2OC(=O)c2ccc([N+](=O)[O-])cc2)c(OC)c1OC. The molecule has 8 heteroatoms. The van der Waals surface area contributed by atoms with Crippen LogP contribution in [0.25, 0.3) is 0 Å². The minimum Gasteiger partial charge on any atom is -0.493 e. The fourth-order valence-corrected chi connectivity index (χ4v) is 4.11. The van der Waals surface area contributed by atoms with Crippen LogP contribution in [-0.4, -0.2) is 38.3 Å². The number of rotatable bonds is 7. The van der Waals surface area contributed by atoms with Crippen LogP contribution in [0.4, 0.5) is 5.69 Å². The fraction of sp³-hybridized carbons (Fsp3) is 0.435. The highest BCUT2D eigenvalue weighted by Crippen LogP contribution is 2.46. The Bertz CT molecular complexity index is 926. The molecule has 0 heterocycles. The molecule has 3 rings (SSSR count). The molecule has 1 fully saturated rings. The third-order valence-electron chi connectivity index (χ3n) is 5.66. The lowest BCUT2D eigenvalue weighted by atomic mass is 9.88. The first-order chi connectivity index (χ1) is 15.0. The van der Waals surface area contributed by atoms with Crippen LogP contribution in [-0.2, 0) is 4.74 Å². The van der Waals surface area contributed by atoms with Crippen LogP contribution in [0.5, 0.6) is 17.2 Å². The molecule has 0 bridgehead atoms. The van der Waals surface area contributed by atoms with Gasteiger partial charge in [0.2, 0.25) is 5.75 Å². The Kier molecular flexibility index (Phi) is 7.33. The predicted octanol–water partition coefficient (Wildman–Crippen LogP) is 4.89. The van der Waals surface area contributed by atoms with Crippen LogP contribution in [0, 0.1) is 10.1 Å². The summed E-state index contributed by atoms with van der Waals surface area (Å²) < 4.78 is 22.5. The molecular formula is C23H27NO7. The Balaban J connectivity index is 1.90. The number of methoxy groups -OCH3 is 3. The van der Waals surface area contributed by atoms with Gasteiger partial charge >= 0.3 is 5.97 Å². The van der Waals surface area contributed by atoms with Crippen LogP contribution in [0.15, 0.2) is 36.4 Å². The molecule has 1 aliphatic rings. The van der Waals surface area contributed by atoms with Crippen molar-refractivity contribution in [2.24, 2.45) is 0 Å². The van der Waals surface area contributed by atoms with Gasteiger partial charge in [-0.25, -0.2) is 4.79 Å². The number of hydrogen-bond donors (Lipinski definition) is 0. The predicted molar refractivity (Wildman–Crippen MR) is 114 cm³/mol. The number of non-ortho nitro benzene ring substituents is 1. The highest BCUT2D eigenvalue weighted by Gasteiger charge is 2.32. The smallest absolute Gasteiger partial charge is 0.338 e. The first-order valence-corrected chi connectivity index (χ1v) is 10.2. The van der Waals surface area contributed by atoms with Gasteiger partial charge < -0.3 is 18.9 Å². The monoisotopic (exact) mass is 429 g/mol. The molecule has 8 nitrogen and oxygen atoms in total. The third kappa shape index (κ3) is 4.90. The molecule has 1 saturated carbocycles. The van der Waals surface area contributed by atoms with Crippen LogP contribution in [0.1, 0.15) is 53.9 Å². The fourth-order valence-electron chi connectivity index (χ4n) is 4.11. The van der Waals surface area contributed by atoms with Gasteiger partial charge in [0.05, 0.1) is 31.8 Å². The van der Waals surface area contributed by atoms with E-state index in [0.29, 0.717) is 17.2 Å². The number of carbonyl (C=O) groups excluding carboxylic acids is 1. The lowest BCUT2D eigenvalue weighted by molar-refractivity contribution is -0.384. The molecule has 166 valence electrons. The Morgan fingerprint density at radius 3 is 2.19 bits per heavy atom. The van der Waals surface area contributed by atoms with Crippen LogP contribution >= 0.6 is 0 Å². The minimum absolute atomic E-state index is 0.0701. The number of nitro groups is 1. The standard InChI is InChI=1S/C23H27NO7/c1-28-20-14-13-18(21(29-2)22(20)30-3)17-7-5-4-6-8-19(17)31-23(25)15-9-11-16(12-10-15)24(26)27/h9-14,17,19H,4-8H2,1-3H3/t17-,19-/m1/s1. The molecule has 0 unspecified atom stereocenters. The summed E-state index contributed by atoms with van der Waals surface area (Å²) in [6.45, 7) is 0. The van der Waals surface area contributed by atoms with E-state index in [4.69, 9.17) is 18.9 Å². The number of nitrogens with zero attached hydrogens (tertiary/aromatic N) is 1. The summed E-state index contributed by atoms with van der Waals surface area (Å²) in [6.07, 6.45) is 4.22. The van der Waals surface area contributed by atoms with E-state index in [9.17, 15) is 14.9 Å². The van der Waals surface area contributed by atoms with Crippen molar-refractivity contribution in [3.63, 3.8) is 0 Å². The van der Waals surface area contributed by atoms with Crippen molar-refractivity contribution in [2.45, 2.75) is 44.1 Å². The van der Waals surface area contributed by atoms with Gasteiger partial charge in [0.25, 0.3) is 5.69 Å². The Hall–Kier alpha value is -3.29. The summed E-state index contributed by atoms with van der Waals surface area (Å²) in [5.41, 5.74) is 1.12. The van der Waals surface area contributed by atoms with E-state index in [1.807, 2.05) is 12.1 Å². The van der Waals surface area contributed by atoms with E-state index < -0.39 is 10.9 Å². The van der Waals surface area contributed by atoms with Gasteiger partial charge in [0.1, 0.15) is 6.10 Å². The van der Waals surface area contributed by atoms with Crippen molar-refractivity contribution in [3.05, 3.63) is 57.6 Å². The molecule has 1 aliphatic carbocycles. The zero-order valence-electron chi connectivity index (χ0n) is 18.0. The number of carbonyl (C=O) groups is 1. The largest absolute Gasteiger partial charge is 0.493 e. The summed E-state index contributed by atoms with van der Waals surface area (Å²) >= 11 is 0. The van der Waals surface area contributed by atoms with Gasteiger partial charge in [0, 0.05) is 23.6 Å². The van der Waals surface area contributed by atoms with Crippen molar-refractivity contribution in [1.82, 2.24) is 0 Å². The van der Waals surface area contributed by atoms with E-state index in [1.165, 1.54) is 24.3 Å². The lowest BCUT2D eigenvalue weighted by Gasteiger charge is -2.28. The van der Waals surface area contributed by atoms with Crippen molar-refractivity contribution < 1.29 is 28.7 Å². The van der Waals surface area contributed by atoms with Gasteiger partial charge in [-0.15, -0.1) is 0 Å². The summed E-state index contributed by atoms with van der Waals surface area (Å²) in [5.74, 6) is 1.08. The zero-order valence-corrected chi connectivity index (χ0v) is 18.0. The number of benzene rings is 2. The van der Waals surface area contributed by atoms with Crippen LogP contribution in [0.2, 0.25) is 0 Å². The average Bonchev–Trinajstić information content (AvgIpc) is 3.03. The molecule has 2 atom stereocenters. The Morgan fingerprint density at radius 1 is 0.903 bits per heavy atom. The third-order valence-corrected chi connectivity index (χ3v) is 5.66. The molecule has 0 amide bonds. The number of nitro benzene ring substituents is 1. The summed E-state index contributed by atoms with van der Waals surface area (Å²) in [5, 5.41) is 10.9. The van der Waals surface area contributed by atoms with E-state index in [0.717, 1.165) is 37.7 Å². The van der Waals surface area contributed by atoms with Crippen molar-refractivity contribution >= 4 is 11.7 Å². The van der Waals surface area contributed by atoms with E-state index in [-0.39, 0.29) is 23.3 Å². The second-order valence-electron chi connectivity index (χ2n) is 7.42. The summed E-state index contributed by atoms with van der Waals surface area (Å²) in [4.78, 5) is 23.1. The Morgan fingerprint density at radius 2 is 1.58 bits per heavy atom. The van der Waals surface area contributed by atoms with E-state index >= 15 is 0 Å². The molecule has 0 aliphatic heterocycles. The van der Waals surface area contributed by atoms with Gasteiger partial charge in [-0.1, -0.05) is 18.9 Å². The molecule has 0 saturated heterocycles. The Labute approximate surface area is 181 Å². The maximum absolute atomic E-state index is 12.8. The normalized spacial score (nSPS) is 18.5. The highest BCUT2D eigenvalue weighted by molar-refractivity contribution is 5.89. The van der Waals surface area contributed by atoms with Gasteiger partial charge in [-0.05, 0) is 37.5 Å². The molecule has 31 heavy (non-hydrogen) atoms. The van der Waals surface area contributed by atoms with Crippen molar-refractivity contribution in [1.29, 1.82) is 0 Å². The second kappa shape index (κ2) is 10.1. The molecule has 0 aromatic heterocycles. The minimum atomic E-state index is -0.500. The van der Waals surface area contributed by atoms with Crippen molar-refractivity contribution in [3.8, 4) is 17.2 Å². The van der Waals surface area contributed by atoms with Gasteiger partial charge in [0.15, 0.2) is 11.5 Å². The first-order valence-electron chi connectivity index (χ1n) is 10.2. The molecule has 0 spiro atoms. The molecule has 2 aromatic rings.